The normalized spacial score (nSPS) is 12.9. The van der Waals surface area contributed by atoms with Crippen LogP contribution >= 0.6 is 0 Å². The lowest BCUT2D eigenvalue weighted by Crippen LogP contribution is -2.17. The molecule has 1 unspecified atom stereocenters. The first-order chi connectivity index (χ1) is 8.10. The summed E-state index contributed by atoms with van der Waals surface area (Å²) < 4.78 is 1.82. The van der Waals surface area contributed by atoms with Crippen LogP contribution in [0.5, 0.6) is 0 Å². The Morgan fingerprint density at radius 1 is 1.35 bits per heavy atom. The lowest BCUT2D eigenvalue weighted by Gasteiger charge is -2.08. The molecule has 0 amide bonds. The molecule has 0 aliphatic rings. The molecule has 2 heterocycles. The second-order valence-electron chi connectivity index (χ2n) is 4.04. The zero-order chi connectivity index (χ0) is 12.4. The summed E-state index contributed by atoms with van der Waals surface area (Å²) in [5.41, 5.74) is 8.17. The topological polar surface area (TPSA) is 87.4 Å². The predicted octanol–water partition coefficient (Wildman–Crippen LogP) is -0.251. The Bertz CT molecular complexity index is 498. The first-order valence-electron chi connectivity index (χ1n) is 5.61. The molecular weight excluding hydrogens is 218 g/mol. The van der Waals surface area contributed by atoms with Crippen LogP contribution in [0.25, 0.3) is 0 Å². The highest BCUT2D eigenvalue weighted by atomic mass is 15.6. The number of rotatable bonds is 4. The van der Waals surface area contributed by atoms with Gasteiger partial charge in [-0.25, -0.2) is 0 Å². The van der Waals surface area contributed by atoms with Crippen molar-refractivity contribution in [3.8, 4) is 0 Å². The molecule has 2 aromatic heterocycles. The largest absolute Gasteiger partial charge is 0.322 e. The van der Waals surface area contributed by atoms with Crippen LogP contribution in [0.4, 0.5) is 0 Å². The minimum Gasteiger partial charge on any atom is -0.322 e. The molecule has 0 spiro atoms. The Balaban J connectivity index is 2.13. The van der Waals surface area contributed by atoms with Crippen molar-refractivity contribution in [2.45, 2.75) is 25.8 Å². The molecule has 2 aromatic rings. The lowest BCUT2D eigenvalue weighted by atomic mass is 10.1. The van der Waals surface area contributed by atoms with E-state index in [9.17, 15) is 0 Å². The summed E-state index contributed by atoms with van der Waals surface area (Å²) in [6, 6.07) is 1.87. The molecule has 1 atom stereocenters. The van der Waals surface area contributed by atoms with Crippen LogP contribution in [0.1, 0.15) is 30.2 Å². The molecule has 0 aliphatic heterocycles. The van der Waals surface area contributed by atoms with Crippen LogP contribution in [-0.4, -0.2) is 30.0 Å². The second-order valence-corrected chi connectivity index (χ2v) is 4.04. The van der Waals surface area contributed by atoms with E-state index in [1.807, 2.05) is 17.8 Å². The van der Waals surface area contributed by atoms with Crippen LogP contribution in [0.2, 0.25) is 0 Å². The van der Waals surface area contributed by atoms with Gasteiger partial charge in [-0.05, 0) is 17.7 Å². The van der Waals surface area contributed by atoms with E-state index in [2.05, 4.69) is 27.4 Å². The van der Waals surface area contributed by atoms with Gasteiger partial charge in [0.2, 0.25) is 0 Å². The van der Waals surface area contributed by atoms with E-state index in [1.165, 1.54) is 4.80 Å². The van der Waals surface area contributed by atoms with Gasteiger partial charge < -0.3 is 5.73 Å². The van der Waals surface area contributed by atoms with Gasteiger partial charge in [-0.1, -0.05) is 6.92 Å². The van der Waals surface area contributed by atoms with Crippen molar-refractivity contribution in [3.63, 3.8) is 0 Å². The second kappa shape index (κ2) is 4.62. The third-order valence-corrected chi connectivity index (χ3v) is 2.66. The van der Waals surface area contributed by atoms with E-state index in [0.29, 0.717) is 12.2 Å². The third kappa shape index (κ3) is 2.50. The number of aryl methyl sites for hydroxylation is 3. The van der Waals surface area contributed by atoms with Gasteiger partial charge in [-0.3, -0.25) is 4.68 Å². The highest BCUT2D eigenvalue weighted by molar-refractivity contribution is 5.14. The smallest absolute Gasteiger partial charge is 0.176 e. The van der Waals surface area contributed by atoms with Gasteiger partial charge in [-0.15, -0.1) is 10.2 Å². The Labute approximate surface area is 99.6 Å². The molecule has 17 heavy (non-hydrogen) atoms. The van der Waals surface area contributed by atoms with E-state index < -0.39 is 0 Å². The van der Waals surface area contributed by atoms with Gasteiger partial charge in [0.05, 0.1) is 24.5 Å². The number of nitrogens with zero attached hydrogens (tertiary/aromatic N) is 6. The Hall–Kier alpha value is -1.76. The summed E-state index contributed by atoms with van der Waals surface area (Å²) in [5.74, 6) is 0.652. The first kappa shape index (κ1) is 11.7. The minimum atomic E-state index is -0.156. The zero-order valence-corrected chi connectivity index (χ0v) is 10.3. The monoisotopic (exact) mass is 235 g/mol. The van der Waals surface area contributed by atoms with Gasteiger partial charge in [0, 0.05) is 13.5 Å². The molecule has 0 fully saturated rings. The Morgan fingerprint density at radius 2 is 2.12 bits per heavy atom. The molecule has 0 aromatic carbocycles. The molecule has 0 radical (unpaired) electrons. The standard InChI is InChI=1S/C10H17N7/c1-4-7-5-9(16(2)13-7)8(11)6-10-12-15-17(3)14-10/h5,8H,4,6,11H2,1-3H3. The van der Waals surface area contributed by atoms with Crippen LogP contribution in [0.15, 0.2) is 6.07 Å². The molecule has 2 rings (SSSR count). The maximum absolute atomic E-state index is 6.13. The summed E-state index contributed by atoms with van der Waals surface area (Å²) in [7, 11) is 3.64. The van der Waals surface area contributed by atoms with E-state index in [1.54, 1.807) is 7.05 Å². The van der Waals surface area contributed by atoms with Crippen molar-refractivity contribution in [3.05, 3.63) is 23.3 Å². The highest BCUT2D eigenvalue weighted by Crippen LogP contribution is 2.14. The van der Waals surface area contributed by atoms with Crippen molar-refractivity contribution in [2.24, 2.45) is 19.8 Å². The van der Waals surface area contributed by atoms with Gasteiger partial charge in [-0.2, -0.15) is 9.90 Å². The van der Waals surface area contributed by atoms with Crippen molar-refractivity contribution in [1.82, 2.24) is 30.0 Å². The Morgan fingerprint density at radius 3 is 2.65 bits per heavy atom. The van der Waals surface area contributed by atoms with Gasteiger partial charge in [0.25, 0.3) is 0 Å². The summed E-state index contributed by atoms with van der Waals surface area (Å²) in [6.07, 6.45) is 1.47. The van der Waals surface area contributed by atoms with E-state index in [0.717, 1.165) is 17.8 Å². The van der Waals surface area contributed by atoms with Crippen LogP contribution in [0, 0.1) is 0 Å². The molecule has 7 nitrogen and oxygen atoms in total. The van der Waals surface area contributed by atoms with Crippen LogP contribution in [0.3, 0.4) is 0 Å². The number of hydrogen-bond acceptors (Lipinski definition) is 5. The van der Waals surface area contributed by atoms with Gasteiger partial charge in [0.15, 0.2) is 5.82 Å². The maximum Gasteiger partial charge on any atom is 0.176 e. The van der Waals surface area contributed by atoms with E-state index in [4.69, 9.17) is 5.73 Å². The first-order valence-corrected chi connectivity index (χ1v) is 5.61. The summed E-state index contributed by atoms with van der Waals surface area (Å²) >= 11 is 0. The van der Waals surface area contributed by atoms with Crippen LogP contribution in [-0.2, 0) is 26.9 Å². The Kier molecular flexibility index (Phi) is 3.19. The molecule has 0 saturated carbocycles. The lowest BCUT2D eigenvalue weighted by molar-refractivity contribution is 0.594. The number of aromatic nitrogens is 6. The van der Waals surface area contributed by atoms with E-state index in [-0.39, 0.29) is 6.04 Å². The number of hydrogen-bond donors (Lipinski definition) is 1. The number of nitrogens with two attached hydrogens (primary N) is 1. The van der Waals surface area contributed by atoms with Crippen molar-refractivity contribution < 1.29 is 0 Å². The molecule has 0 aliphatic carbocycles. The molecular formula is C10H17N7. The van der Waals surface area contributed by atoms with Crippen LogP contribution < -0.4 is 5.73 Å². The SMILES string of the molecule is CCc1cc(C(N)Cc2nnn(C)n2)n(C)n1. The summed E-state index contributed by atoms with van der Waals surface area (Å²) in [5, 5.41) is 16.2. The predicted molar refractivity (Wildman–Crippen MR) is 62.0 cm³/mol. The molecule has 0 bridgehead atoms. The minimum absolute atomic E-state index is 0.156. The fourth-order valence-corrected chi connectivity index (χ4v) is 1.77. The fraction of sp³-hybridized carbons (Fsp3) is 0.600. The van der Waals surface area contributed by atoms with Crippen molar-refractivity contribution in [1.29, 1.82) is 0 Å². The highest BCUT2D eigenvalue weighted by Gasteiger charge is 2.15. The molecule has 7 heteroatoms. The molecule has 2 N–H and O–H groups in total. The van der Waals surface area contributed by atoms with Gasteiger partial charge in [0.1, 0.15) is 0 Å². The van der Waals surface area contributed by atoms with Crippen molar-refractivity contribution >= 4 is 0 Å². The maximum atomic E-state index is 6.13. The summed E-state index contributed by atoms with van der Waals surface area (Å²) in [6.45, 7) is 2.07. The molecule has 0 saturated heterocycles. The fourth-order valence-electron chi connectivity index (χ4n) is 1.77. The number of tetrazole rings is 1. The molecule has 92 valence electrons. The van der Waals surface area contributed by atoms with Crippen molar-refractivity contribution in [2.75, 3.05) is 0 Å². The average Bonchev–Trinajstić information content (AvgIpc) is 2.85. The van der Waals surface area contributed by atoms with E-state index >= 15 is 0 Å². The average molecular weight is 235 g/mol. The van der Waals surface area contributed by atoms with Gasteiger partial charge >= 0.3 is 0 Å². The summed E-state index contributed by atoms with van der Waals surface area (Å²) in [4.78, 5) is 1.43. The zero-order valence-electron chi connectivity index (χ0n) is 10.3. The quantitative estimate of drug-likeness (QED) is 0.789. The third-order valence-electron chi connectivity index (χ3n) is 2.66.